The topological polar surface area (TPSA) is 77.5 Å². The van der Waals surface area contributed by atoms with E-state index in [-0.39, 0.29) is 0 Å². The van der Waals surface area contributed by atoms with Crippen LogP contribution in [0.2, 0.25) is 0 Å². The molecule has 4 aromatic rings. The molecule has 0 fully saturated rings. The Bertz CT molecular complexity index is 1380. The fraction of sp³-hybridized carbons (Fsp3) is 0.148. The largest absolute Gasteiger partial charge is 0.497 e. The monoisotopic (exact) mass is 518 g/mol. The number of pyridine rings is 1. The zero-order valence-electron chi connectivity index (χ0n) is 19.0. The van der Waals surface area contributed by atoms with Crippen molar-refractivity contribution < 1.29 is 19.1 Å². The van der Waals surface area contributed by atoms with Crippen LogP contribution in [0.25, 0.3) is 22.2 Å². The van der Waals surface area contributed by atoms with Crippen molar-refractivity contribution in [3.63, 3.8) is 0 Å². The number of hydrogen-bond donors (Lipinski definition) is 1. The van der Waals surface area contributed by atoms with Crippen LogP contribution >= 0.6 is 15.9 Å². The number of anilines is 1. The molecule has 34 heavy (non-hydrogen) atoms. The molecule has 0 aliphatic carbocycles. The lowest BCUT2D eigenvalue weighted by Crippen LogP contribution is -2.21. The maximum absolute atomic E-state index is 13.0. The normalized spacial score (nSPS) is 10.7. The molecule has 6 nitrogen and oxygen atoms in total. The van der Waals surface area contributed by atoms with Gasteiger partial charge in [-0.3, -0.25) is 4.79 Å². The number of esters is 1. The standard InChI is InChI=1S/C27H23BrN2O4/c1-16-13-24(17(2)12-22(16)28)30-26(31)15-34-27(32)21-14-25(18-8-10-19(33-3)11-9-18)29-23-7-5-4-6-20(21)23/h4-14H,15H2,1-3H3,(H,30,31). The molecule has 1 heterocycles. The van der Waals surface area contributed by atoms with Crippen LogP contribution in [-0.2, 0) is 9.53 Å². The summed E-state index contributed by atoms with van der Waals surface area (Å²) in [5, 5.41) is 3.47. The number of para-hydroxylation sites is 1. The number of nitrogens with one attached hydrogen (secondary N) is 1. The van der Waals surface area contributed by atoms with Gasteiger partial charge < -0.3 is 14.8 Å². The molecule has 0 radical (unpaired) electrons. The van der Waals surface area contributed by atoms with Crippen LogP contribution in [0, 0.1) is 13.8 Å². The lowest BCUT2D eigenvalue weighted by molar-refractivity contribution is -0.119. The zero-order valence-corrected chi connectivity index (χ0v) is 20.6. The van der Waals surface area contributed by atoms with Gasteiger partial charge in [0.2, 0.25) is 0 Å². The first-order valence-corrected chi connectivity index (χ1v) is 11.4. The molecule has 0 atom stereocenters. The van der Waals surface area contributed by atoms with Crippen molar-refractivity contribution in [3.8, 4) is 17.0 Å². The average molecular weight is 519 g/mol. The SMILES string of the molecule is COc1ccc(-c2cc(C(=O)OCC(=O)Nc3cc(C)c(Br)cc3C)c3ccccc3n2)cc1. The van der Waals surface area contributed by atoms with Gasteiger partial charge in [-0.05, 0) is 73.5 Å². The number of aryl methyl sites for hydroxylation is 2. The van der Waals surface area contributed by atoms with Gasteiger partial charge in [0.15, 0.2) is 6.61 Å². The first kappa shape index (κ1) is 23.4. The summed E-state index contributed by atoms with van der Waals surface area (Å²) in [6, 6.07) is 20.2. The van der Waals surface area contributed by atoms with Crippen LogP contribution in [0.4, 0.5) is 5.69 Å². The Balaban J connectivity index is 1.55. The van der Waals surface area contributed by atoms with E-state index >= 15 is 0 Å². The summed E-state index contributed by atoms with van der Waals surface area (Å²) in [7, 11) is 1.60. The molecule has 1 N–H and O–H groups in total. The Morgan fingerprint density at radius 2 is 1.71 bits per heavy atom. The van der Waals surface area contributed by atoms with Crippen molar-refractivity contribution in [1.29, 1.82) is 0 Å². The number of carbonyl (C=O) groups excluding carboxylic acids is 2. The molecule has 0 spiro atoms. The van der Waals surface area contributed by atoms with E-state index in [1.807, 2.05) is 74.5 Å². The van der Waals surface area contributed by atoms with E-state index < -0.39 is 18.5 Å². The van der Waals surface area contributed by atoms with Crippen LogP contribution in [0.3, 0.4) is 0 Å². The van der Waals surface area contributed by atoms with E-state index in [1.165, 1.54) is 0 Å². The third-order valence-corrected chi connectivity index (χ3v) is 6.29. The highest BCUT2D eigenvalue weighted by molar-refractivity contribution is 9.10. The molecule has 0 unspecified atom stereocenters. The van der Waals surface area contributed by atoms with E-state index in [0.29, 0.717) is 27.8 Å². The number of hydrogen-bond acceptors (Lipinski definition) is 5. The second kappa shape index (κ2) is 10.1. The third-order valence-electron chi connectivity index (χ3n) is 5.44. The molecule has 0 saturated heterocycles. The van der Waals surface area contributed by atoms with Gasteiger partial charge in [0, 0.05) is 21.1 Å². The van der Waals surface area contributed by atoms with E-state index in [4.69, 9.17) is 9.47 Å². The average Bonchev–Trinajstić information content (AvgIpc) is 2.85. The van der Waals surface area contributed by atoms with E-state index in [1.54, 1.807) is 13.2 Å². The second-order valence-electron chi connectivity index (χ2n) is 7.84. The van der Waals surface area contributed by atoms with Gasteiger partial charge in [0.1, 0.15) is 5.75 Å². The molecule has 1 aromatic heterocycles. The Hall–Kier alpha value is -3.71. The predicted octanol–water partition coefficient (Wildman–Crippen LogP) is 6.09. The maximum atomic E-state index is 13.0. The molecule has 4 rings (SSSR count). The number of amides is 1. The van der Waals surface area contributed by atoms with Crippen LogP contribution < -0.4 is 10.1 Å². The Morgan fingerprint density at radius 3 is 2.44 bits per heavy atom. The van der Waals surface area contributed by atoms with Crippen LogP contribution in [-0.4, -0.2) is 30.6 Å². The van der Waals surface area contributed by atoms with Crippen LogP contribution in [0.1, 0.15) is 21.5 Å². The third kappa shape index (κ3) is 5.10. The van der Waals surface area contributed by atoms with Crippen molar-refractivity contribution in [2.75, 3.05) is 19.0 Å². The van der Waals surface area contributed by atoms with Crippen molar-refractivity contribution in [1.82, 2.24) is 4.98 Å². The minimum absolute atomic E-state index is 0.347. The summed E-state index contributed by atoms with van der Waals surface area (Å²) >= 11 is 3.48. The van der Waals surface area contributed by atoms with Crippen LogP contribution in [0.5, 0.6) is 5.75 Å². The molecule has 0 bridgehead atoms. The number of methoxy groups -OCH3 is 1. The molecule has 7 heteroatoms. The summed E-state index contributed by atoms with van der Waals surface area (Å²) in [5.74, 6) is -0.273. The van der Waals surface area contributed by atoms with Gasteiger partial charge in [0.25, 0.3) is 5.91 Å². The lowest BCUT2D eigenvalue weighted by Gasteiger charge is -2.12. The molecule has 0 aliphatic heterocycles. The molecular formula is C27H23BrN2O4. The van der Waals surface area contributed by atoms with Crippen molar-refractivity contribution in [3.05, 3.63) is 87.9 Å². The predicted molar refractivity (Wildman–Crippen MR) is 136 cm³/mol. The van der Waals surface area contributed by atoms with E-state index in [9.17, 15) is 9.59 Å². The van der Waals surface area contributed by atoms with Gasteiger partial charge in [-0.1, -0.05) is 34.1 Å². The molecular weight excluding hydrogens is 496 g/mol. The van der Waals surface area contributed by atoms with E-state index in [2.05, 4.69) is 26.2 Å². The minimum Gasteiger partial charge on any atom is -0.497 e. The van der Waals surface area contributed by atoms with Gasteiger partial charge in [-0.15, -0.1) is 0 Å². The molecule has 3 aromatic carbocycles. The first-order chi connectivity index (χ1) is 16.4. The molecule has 0 saturated carbocycles. The number of fused-ring (bicyclic) bond motifs is 1. The quantitative estimate of drug-likeness (QED) is 0.312. The van der Waals surface area contributed by atoms with Gasteiger partial charge in [-0.2, -0.15) is 0 Å². The number of rotatable bonds is 6. The number of aromatic nitrogens is 1. The molecule has 1 amide bonds. The molecule has 172 valence electrons. The second-order valence-corrected chi connectivity index (χ2v) is 8.70. The number of carbonyl (C=O) groups is 2. The maximum Gasteiger partial charge on any atom is 0.339 e. The molecule has 0 aliphatic rings. The van der Waals surface area contributed by atoms with Crippen molar-refractivity contribution in [2.45, 2.75) is 13.8 Å². The minimum atomic E-state index is -0.591. The smallest absolute Gasteiger partial charge is 0.339 e. The van der Waals surface area contributed by atoms with E-state index in [0.717, 1.165) is 26.9 Å². The first-order valence-electron chi connectivity index (χ1n) is 10.6. The summed E-state index contributed by atoms with van der Waals surface area (Å²) in [4.78, 5) is 30.2. The fourth-order valence-corrected chi connectivity index (χ4v) is 4.02. The van der Waals surface area contributed by atoms with Gasteiger partial charge >= 0.3 is 5.97 Å². The van der Waals surface area contributed by atoms with Gasteiger partial charge in [-0.25, -0.2) is 9.78 Å². The van der Waals surface area contributed by atoms with Crippen molar-refractivity contribution in [2.24, 2.45) is 0 Å². The summed E-state index contributed by atoms with van der Waals surface area (Å²) in [5.41, 5.74) is 5.04. The number of halogens is 1. The number of nitrogens with zero attached hydrogens (tertiary/aromatic N) is 1. The Morgan fingerprint density at radius 1 is 0.971 bits per heavy atom. The summed E-state index contributed by atoms with van der Waals surface area (Å²) in [6.45, 7) is 3.44. The Labute approximate surface area is 206 Å². The van der Waals surface area contributed by atoms with Gasteiger partial charge in [0.05, 0.1) is 23.9 Å². The highest BCUT2D eigenvalue weighted by Crippen LogP contribution is 2.27. The lowest BCUT2D eigenvalue weighted by atomic mass is 10.0. The Kier molecular flexibility index (Phi) is 6.93. The number of ether oxygens (including phenoxy) is 2. The van der Waals surface area contributed by atoms with Crippen LogP contribution in [0.15, 0.2) is 71.2 Å². The van der Waals surface area contributed by atoms with Crippen molar-refractivity contribution >= 4 is 44.4 Å². The number of benzene rings is 3. The summed E-state index contributed by atoms with van der Waals surface area (Å²) in [6.07, 6.45) is 0. The highest BCUT2D eigenvalue weighted by Gasteiger charge is 2.17. The summed E-state index contributed by atoms with van der Waals surface area (Å²) < 4.78 is 11.6. The highest BCUT2D eigenvalue weighted by atomic mass is 79.9. The fourth-order valence-electron chi connectivity index (χ4n) is 3.56. The zero-order chi connectivity index (χ0) is 24.2.